The Labute approximate surface area is 146 Å². The van der Waals surface area contributed by atoms with Crippen molar-refractivity contribution in [2.45, 2.75) is 50.1 Å². The van der Waals surface area contributed by atoms with Crippen LogP contribution in [0.3, 0.4) is 0 Å². The van der Waals surface area contributed by atoms with Crippen LogP contribution in [0.4, 0.5) is 0 Å². The van der Waals surface area contributed by atoms with E-state index >= 15 is 0 Å². The Balaban J connectivity index is 2.32. The lowest BCUT2D eigenvalue weighted by atomic mass is 10.1. The molecule has 0 saturated heterocycles. The second-order valence-electron chi connectivity index (χ2n) is 5.81. The molecule has 136 valence electrons. The highest BCUT2D eigenvalue weighted by atomic mass is 32.2. The van der Waals surface area contributed by atoms with Crippen LogP contribution in [0.1, 0.15) is 38.7 Å². The Hall–Kier alpha value is -2.42. The Morgan fingerprint density at radius 2 is 2.00 bits per heavy atom. The summed E-state index contributed by atoms with van der Waals surface area (Å²) in [5.41, 5.74) is 0.406. The average Bonchev–Trinajstić information content (AvgIpc) is 2.82. The normalized spacial score (nSPS) is 18.9. The molecule has 0 spiro atoms. The zero-order valence-corrected chi connectivity index (χ0v) is 14.8. The first kappa shape index (κ1) is 18.9. The van der Waals surface area contributed by atoms with E-state index in [1.807, 2.05) is 6.92 Å². The van der Waals surface area contributed by atoms with Gasteiger partial charge >= 0.3 is 5.97 Å². The number of nitrogens with one attached hydrogen (secondary N) is 2. The number of carboxylic acids is 1. The van der Waals surface area contributed by atoms with Crippen molar-refractivity contribution in [2.24, 2.45) is 4.99 Å². The van der Waals surface area contributed by atoms with Crippen LogP contribution in [0.5, 0.6) is 0 Å². The first-order valence-corrected chi connectivity index (χ1v) is 9.47. The number of aliphatic carboxylic acids is 1. The molecule has 0 aromatic heterocycles. The van der Waals surface area contributed by atoms with Crippen LogP contribution in [0, 0.1) is 0 Å². The molecule has 1 unspecified atom stereocenters. The summed E-state index contributed by atoms with van der Waals surface area (Å²) in [6.45, 7) is 3.31. The molecule has 2 atom stereocenters. The van der Waals surface area contributed by atoms with Crippen molar-refractivity contribution in [1.29, 1.82) is 0 Å². The number of amidine groups is 1. The molecule has 25 heavy (non-hydrogen) atoms. The van der Waals surface area contributed by atoms with Crippen molar-refractivity contribution in [2.75, 3.05) is 0 Å². The highest BCUT2D eigenvalue weighted by molar-refractivity contribution is 7.90. The minimum atomic E-state index is -3.69. The first-order valence-electron chi connectivity index (χ1n) is 7.99. The van der Waals surface area contributed by atoms with Gasteiger partial charge in [0.1, 0.15) is 17.9 Å². The number of fused-ring (bicyclic) bond motifs is 1. The van der Waals surface area contributed by atoms with Gasteiger partial charge < -0.3 is 10.4 Å². The van der Waals surface area contributed by atoms with Gasteiger partial charge in [-0.05, 0) is 25.5 Å². The van der Waals surface area contributed by atoms with E-state index in [2.05, 4.69) is 15.0 Å². The van der Waals surface area contributed by atoms with E-state index in [4.69, 9.17) is 5.11 Å². The number of hydrogen-bond donors (Lipinski definition) is 3. The number of carbonyl (C=O) groups is 2. The molecule has 1 aromatic carbocycles. The lowest BCUT2D eigenvalue weighted by Crippen LogP contribution is -2.43. The molecule has 0 aliphatic carbocycles. The molecule has 1 aromatic rings. The molecule has 1 aliphatic heterocycles. The summed E-state index contributed by atoms with van der Waals surface area (Å²) in [4.78, 5) is 27.7. The lowest BCUT2D eigenvalue weighted by molar-refractivity contribution is -0.141. The summed E-state index contributed by atoms with van der Waals surface area (Å²) in [6.07, 6.45) is 1.91. The van der Waals surface area contributed by atoms with Crippen molar-refractivity contribution in [1.82, 2.24) is 10.0 Å². The Morgan fingerprint density at radius 1 is 1.32 bits per heavy atom. The highest BCUT2D eigenvalue weighted by Gasteiger charge is 2.32. The number of aliphatic imine (C=N–C) groups is 1. The van der Waals surface area contributed by atoms with Crippen molar-refractivity contribution in [3.63, 3.8) is 0 Å². The highest BCUT2D eigenvalue weighted by Crippen LogP contribution is 2.23. The number of rotatable bonds is 7. The standard InChI is InChI=1S/C16H21N3O5S/c1-3-4-8-12(15(20)17-10(2)16(21)22)18-14-11-7-5-6-9-13(11)25(23,24)19-14/h5-7,9-10,12H,3-4,8H2,1-2H3,(H,17,20)(H,18,19)(H,21,22)/t10-,12?/m0/s1. The maximum Gasteiger partial charge on any atom is 0.325 e. The van der Waals surface area contributed by atoms with Crippen LogP contribution in [0.2, 0.25) is 0 Å². The molecule has 8 nitrogen and oxygen atoms in total. The van der Waals surface area contributed by atoms with Gasteiger partial charge in [0.25, 0.3) is 10.0 Å². The number of sulfonamides is 1. The molecule has 9 heteroatoms. The van der Waals surface area contributed by atoms with E-state index in [1.54, 1.807) is 18.2 Å². The van der Waals surface area contributed by atoms with E-state index in [0.29, 0.717) is 18.4 Å². The lowest BCUT2D eigenvalue weighted by Gasteiger charge is -2.16. The van der Waals surface area contributed by atoms with Crippen LogP contribution < -0.4 is 10.0 Å². The fraction of sp³-hybridized carbons (Fsp3) is 0.438. The number of unbranched alkanes of at least 4 members (excludes halogenated alkanes) is 1. The zero-order chi connectivity index (χ0) is 18.6. The zero-order valence-electron chi connectivity index (χ0n) is 14.0. The van der Waals surface area contributed by atoms with Crippen LogP contribution in [-0.4, -0.2) is 43.3 Å². The largest absolute Gasteiger partial charge is 0.480 e. The predicted octanol–water partition coefficient (Wildman–Crippen LogP) is 0.873. The van der Waals surface area contributed by atoms with Crippen LogP contribution in [0.25, 0.3) is 0 Å². The first-order chi connectivity index (χ1) is 11.8. The summed E-state index contributed by atoms with van der Waals surface area (Å²) in [5, 5.41) is 11.3. The van der Waals surface area contributed by atoms with Gasteiger partial charge in [0.15, 0.2) is 0 Å². The summed E-state index contributed by atoms with van der Waals surface area (Å²) < 4.78 is 26.6. The monoisotopic (exact) mass is 367 g/mol. The average molecular weight is 367 g/mol. The second kappa shape index (κ2) is 7.64. The van der Waals surface area contributed by atoms with Crippen LogP contribution >= 0.6 is 0 Å². The molecule has 1 heterocycles. The fourth-order valence-corrected chi connectivity index (χ4v) is 3.65. The SMILES string of the molecule is CCCCC(N=C1NS(=O)(=O)c2ccccc21)C(=O)N[C@@H](C)C(=O)O. The second-order valence-corrected chi connectivity index (χ2v) is 7.46. The molecule has 1 amide bonds. The van der Waals surface area contributed by atoms with Crippen molar-refractivity contribution in [3.05, 3.63) is 29.8 Å². The number of carboxylic acid groups (broad SMARTS) is 1. The molecule has 0 bridgehead atoms. The third-order valence-corrected chi connectivity index (χ3v) is 5.21. The predicted molar refractivity (Wildman–Crippen MR) is 91.9 cm³/mol. The molecule has 0 radical (unpaired) electrons. The number of carbonyl (C=O) groups excluding carboxylic acids is 1. The Bertz CT molecular complexity index is 804. The molecule has 2 rings (SSSR count). The number of benzene rings is 1. The molecule has 0 saturated carbocycles. The van der Waals surface area contributed by atoms with Gasteiger partial charge in [-0.3, -0.25) is 19.3 Å². The quantitative estimate of drug-likeness (QED) is 0.659. The summed E-state index contributed by atoms with van der Waals surface area (Å²) >= 11 is 0. The summed E-state index contributed by atoms with van der Waals surface area (Å²) in [6, 6.07) is 4.45. The third kappa shape index (κ3) is 4.36. The van der Waals surface area contributed by atoms with Crippen LogP contribution in [-0.2, 0) is 19.6 Å². The summed E-state index contributed by atoms with van der Waals surface area (Å²) in [5.74, 6) is -1.59. The van der Waals surface area contributed by atoms with E-state index < -0.39 is 34.0 Å². The van der Waals surface area contributed by atoms with Gasteiger partial charge in [-0.1, -0.05) is 31.9 Å². The number of nitrogens with zero attached hydrogens (tertiary/aromatic N) is 1. The van der Waals surface area contributed by atoms with E-state index in [0.717, 1.165) is 6.42 Å². The van der Waals surface area contributed by atoms with Crippen molar-refractivity contribution in [3.8, 4) is 0 Å². The molecule has 0 fully saturated rings. The van der Waals surface area contributed by atoms with Gasteiger partial charge in [-0.2, -0.15) is 0 Å². The number of amides is 1. The van der Waals surface area contributed by atoms with E-state index in [1.165, 1.54) is 13.0 Å². The molecule has 1 aliphatic rings. The van der Waals surface area contributed by atoms with Crippen LogP contribution in [0.15, 0.2) is 34.2 Å². The van der Waals surface area contributed by atoms with Crippen molar-refractivity contribution < 1.29 is 23.1 Å². The topological polar surface area (TPSA) is 125 Å². The minimum absolute atomic E-state index is 0.106. The maximum atomic E-state index is 12.4. The van der Waals surface area contributed by atoms with Gasteiger partial charge in [-0.25, -0.2) is 8.42 Å². The Morgan fingerprint density at radius 3 is 2.64 bits per heavy atom. The molecular formula is C16H21N3O5S. The minimum Gasteiger partial charge on any atom is -0.480 e. The fourth-order valence-electron chi connectivity index (χ4n) is 2.41. The molecule has 3 N–H and O–H groups in total. The van der Waals surface area contributed by atoms with Crippen molar-refractivity contribution >= 4 is 27.7 Å². The maximum absolute atomic E-state index is 12.4. The third-order valence-electron chi connectivity index (χ3n) is 3.81. The van der Waals surface area contributed by atoms with E-state index in [-0.39, 0.29) is 10.7 Å². The Kier molecular flexibility index (Phi) is 5.78. The number of hydrogen-bond acceptors (Lipinski definition) is 5. The summed E-state index contributed by atoms with van der Waals surface area (Å²) in [7, 11) is -3.69. The van der Waals surface area contributed by atoms with Gasteiger partial charge in [-0.15, -0.1) is 0 Å². The van der Waals surface area contributed by atoms with Gasteiger partial charge in [0.2, 0.25) is 5.91 Å². The van der Waals surface area contributed by atoms with Gasteiger partial charge in [0.05, 0.1) is 4.90 Å². The van der Waals surface area contributed by atoms with Gasteiger partial charge in [0, 0.05) is 5.56 Å². The van der Waals surface area contributed by atoms with E-state index in [9.17, 15) is 18.0 Å². The smallest absolute Gasteiger partial charge is 0.325 e. The molecular weight excluding hydrogens is 346 g/mol.